The quantitative estimate of drug-likeness (QED) is 0.555. The number of methoxy groups -OCH3 is 1. The molecule has 0 aliphatic carbocycles. The zero-order chi connectivity index (χ0) is 21.6. The first-order chi connectivity index (χ1) is 15.2. The molecule has 0 radical (unpaired) electrons. The molecule has 5 nitrogen and oxygen atoms in total. The van der Waals surface area contributed by atoms with E-state index in [1.165, 1.54) is 25.8 Å². The van der Waals surface area contributed by atoms with Crippen molar-refractivity contribution in [2.45, 2.75) is 38.6 Å². The minimum atomic E-state index is -0.0468. The van der Waals surface area contributed by atoms with Gasteiger partial charge in [0.05, 0.1) is 23.9 Å². The number of carbonyl (C=O) groups excluding carboxylic acids is 1. The molecule has 5 heteroatoms. The maximum absolute atomic E-state index is 13.1. The molecule has 1 saturated heterocycles. The third-order valence-electron chi connectivity index (χ3n) is 6.17. The first-order valence-corrected chi connectivity index (χ1v) is 11.2. The van der Waals surface area contributed by atoms with Crippen molar-refractivity contribution in [2.24, 2.45) is 0 Å². The molecule has 1 fully saturated rings. The normalized spacial score (nSPS) is 16.9. The summed E-state index contributed by atoms with van der Waals surface area (Å²) in [6, 6.07) is 18.1. The molecule has 0 unspecified atom stereocenters. The van der Waals surface area contributed by atoms with E-state index in [0.29, 0.717) is 18.2 Å². The number of nitrogens with zero attached hydrogens (tertiary/aromatic N) is 2. The summed E-state index contributed by atoms with van der Waals surface area (Å²) in [6.07, 6.45) is 4.86. The predicted molar refractivity (Wildman–Crippen MR) is 126 cm³/mol. The molecule has 4 rings (SSSR count). The zero-order valence-electron chi connectivity index (χ0n) is 18.4. The lowest BCUT2D eigenvalue weighted by molar-refractivity contribution is 0.0950. The van der Waals surface area contributed by atoms with Crippen LogP contribution in [0.3, 0.4) is 0 Å². The highest BCUT2D eigenvalue weighted by atomic mass is 16.5. The van der Waals surface area contributed by atoms with Gasteiger partial charge in [-0.15, -0.1) is 0 Å². The highest BCUT2D eigenvalue weighted by Gasteiger charge is 2.18. The van der Waals surface area contributed by atoms with Gasteiger partial charge in [-0.05, 0) is 57.0 Å². The summed E-state index contributed by atoms with van der Waals surface area (Å²) in [5.74, 6) is 0.722. The van der Waals surface area contributed by atoms with Crippen LogP contribution in [0.15, 0.2) is 54.6 Å². The highest BCUT2D eigenvalue weighted by molar-refractivity contribution is 6.07. The lowest BCUT2D eigenvalue weighted by Gasteiger charge is -2.33. The van der Waals surface area contributed by atoms with Gasteiger partial charge in [-0.3, -0.25) is 4.79 Å². The van der Waals surface area contributed by atoms with Crippen LogP contribution in [0, 0.1) is 0 Å². The van der Waals surface area contributed by atoms with Gasteiger partial charge in [0.25, 0.3) is 5.91 Å². The van der Waals surface area contributed by atoms with Crippen LogP contribution < -0.4 is 10.1 Å². The molecule has 162 valence electrons. The second kappa shape index (κ2) is 9.92. The number of hydrogen-bond donors (Lipinski definition) is 1. The molecule has 1 aromatic heterocycles. The van der Waals surface area contributed by atoms with E-state index >= 15 is 0 Å². The molecule has 0 bridgehead atoms. The number of fused-ring (bicyclic) bond motifs is 1. The second-order valence-electron chi connectivity index (χ2n) is 8.29. The predicted octanol–water partition coefficient (Wildman–Crippen LogP) is 4.90. The van der Waals surface area contributed by atoms with Crippen LogP contribution in [0.4, 0.5) is 0 Å². The Labute approximate surface area is 184 Å². The topological polar surface area (TPSA) is 54.5 Å². The van der Waals surface area contributed by atoms with Crippen LogP contribution in [0.2, 0.25) is 0 Å². The van der Waals surface area contributed by atoms with Gasteiger partial charge in [-0.2, -0.15) is 0 Å². The number of aromatic nitrogens is 1. The van der Waals surface area contributed by atoms with Crippen molar-refractivity contribution in [3.8, 4) is 17.0 Å². The van der Waals surface area contributed by atoms with Crippen molar-refractivity contribution in [2.75, 3.05) is 26.7 Å². The van der Waals surface area contributed by atoms with Crippen molar-refractivity contribution >= 4 is 16.8 Å². The summed E-state index contributed by atoms with van der Waals surface area (Å²) in [4.78, 5) is 20.4. The maximum atomic E-state index is 13.1. The molecule has 0 saturated carbocycles. The molecular weight excluding hydrogens is 386 g/mol. The average molecular weight is 418 g/mol. The zero-order valence-corrected chi connectivity index (χ0v) is 18.4. The number of carbonyl (C=O) groups is 1. The molecule has 1 aliphatic heterocycles. The van der Waals surface area contributed by atoms with Gasteiger partial charge in [0.1, 0.15) is 5.75 Å². The van der Waals surface area contributed by atoms with Gasteiger partial charge in [0.15, 0.2) is 0 Å². The Morgan fingerprint density at radius 2 is 2.03 bits per heavy atom. The number of benzene rings is 2. The summed E-state index contributed by atoms with van der Waals surface area (Å²) in [6.45, 7) is 5.19. The molecular formula is C26H31N3O2. The monoisotopic (exact) mass is 417 g/mol. The summed E-state index contributed by atoms with van der Waals surface area (Å²) in [5, 5.41) is 4.00. The fraction of sp³-hybridized carbons (Fsp3) is 0.385. The van der Waals surface area contributed by atoms with Crippen molar-refractivity contribution in [1.82, 2.24) is 15.2 Å². The standard InChI is InChI=1S/C26H31N3O2/c1-19-9-5-6-15-29(19)16-8-14-27-26(30)23-18-25(20-10-7-11-21(17-20)31-2)28-24-13-4-3-12-22(23)24/h3-4,7,10-13,17-19H,5-6,8-9,14-16H2,1-2H3,(H,27,30)/t19-/m0/s1. The van der Waals surface area contributed by atoms with Crippen molar-refractivity contribution in [3.63, 3.8) is 0 Å². The first-order valence-electron chi connectivity index (χ1n) is 11.2. The number of likely N-dealkylation sites (tertiary alicyclic amines) is 1. The number of para-hydroxylation sites is 1. The highest BCUT2D eigenvalue weighted by Crippen LogP contribution is 2.27. The Hall–Kier alpha value is -2.92. The third-order valence-corrected chi connectivity index (χ3v) is 6.17. The molecule has 2 aromatic carbocycles. The lowest BCUT2D eigenvalue weighted by Crippen LogP contribution is -2.39. The average Bonchev–Trinajstić information content (AvgIpc) is 2.82. The van der Waals surface area contributed by atoms with Crippen LogP contribution in [-0.2, 0) is 0 Å². The van der Waals surface area contributed by atoms with Crippen molar-refractivity contribution < 1.29 is 9.53 Å². The van der Waals surface area contributed by atoms with Crippen LogP contribution in [0.1, 0.15) is 43.0 Å². The van der Waals surface area contributed by atoms with E-state index in [2.05, 4.69) is 17.1 Å². The fourth-order valence-corrected chi connectivity index (χ4v) is 4.36. The molecule has 2 heterocycles. The summed E-state index contributed by atoms with van der Waals surface area (Å²) in [7, 11) is 1.65. The fourth-order valence-electron chi connectivity index (χ4n) is 4.36. The Morgan fingerprint density at radius 3 is 2.87 bits per heavy atom. The maximum Gasteiger partial charge on any atom is 0.252 e. The Balaban J connectivity index is 1.51. The number of pyridine rings is 1. The van der Waals surface area contributed by atoms with E-state index in [1.807, 2.05) is 54.6 Å². The number of ether oxygens (including phenoxy) is 1. The van der Waals surface area contributed by atoms with E-state index in [1.54, 1.807) is 7.11 Å². The van der Waals surface area contributed by atoms with Crippen LogP contribution in [-0.4, -0.2) is 48.6 Å². The Bertz CT molecular complexity index is 1050. The van der Waals surface area contributed by atoms with Crippen molar-refractivity contribution in [1.29, 1.82) is 0 Å². The second-order valence-corrected chi connectivity index (χ2v) is 8.29. The van der Waals surface area contributed by atoms with Crippen LogP contribution in [0.25, 0.3) is 22.2 Å². The lowest BCUT2D eigenvalue weighted by atomic mass is 10.0. The first kappa shape index (κ1) is 21.3. The van der Waals surface area contributed by atoms with E-state index in [4.69, 9.17) is 9.72 Å². The van der Waals surface area contributed by atoms with Crippen molar-refractivity contribution in [3.05, 3.63) is 60.2 Å². The molecule has 1 amide bonds. The molecule has 1 atom stereocenters. The molecule has 1 N–H and O–H groups in total. The number of hydrogen-bond acceptors (Lipinski definition) is 4. The van der Waals surface area contributed by atoms with Gasteiger partial charge < -0.3 is 15.0 Å². The molecule has 0 spiro atoms. The smallest absolute Gasteiger partial charge is 0.252 e. The van der Waals surface area contributed by atoms with Gasteiger partial charge >= 0.3 is 0 Å². The van der Waals surface area contributed by atoms with Gasteiger partial charge in [-0.1, -0.05) is 36.8 Å². The minimum absolute atomic E-state index is 0.0468. The Morgan fingerprint density at radius 1 is 1.16 bits per heavy atom. The number of piperidine rings is 1. The van der Waals surface area contributed by atoms with E-state index < -0.39 is 0 Å². The number of nitrogens with one attached hydrogen (secondary N) is 1. The summed E-state index contributed by atoms with van der Waals surface area (Å²) >= 11 is 0. The van der Waals surface area contributed by atoms with Gasteiger partial charge in [-0.25, -0.2) is 4.98 Å². The van der Waals surface area contributed by atoms with E-state index in [9.17, 15) is 4.79 Å². The minimum Gasteiger partial charge on any atom is -0.497 e. The Kier molecular flexibility index (Phi) is 6.82. The van der Waals surface area contributed by atoms with Crippen LogP contribution >= 0.6 is 0 Å². The largest absolute Gasteiger partial charge is 0.497 e. The SMILES string of the molecule is COc1cccc(-c2cc(C(=O)NCCCN3CCCC[C@@H]3C)c3ccccc3n2)c1. The number of amides is 1. The molecule has 3 aromatic rings. The van der Waals surface area contributed by atoms with Gasteiger partial charge in [0.2, 0.25) is 0 Å². The van der Waals surface area contributed by atoms with E-state index in [0.717, 1.165) is 40.9 Å². The number of rotatable bonds is 7. The molecule has 1 aliphatic rings. The van der Waals surface area contributed by atoms with Gasteiger partial charge in [0, 0.05) is 30.1 Å². The van der Waals surface area contributed by atoms with Crippen LogP contribution in [0.5, 0.6) is 5.75 Å². The third kappa shape index (κ3) is 5.05. The summed E-state index contributed by atoms with van der Waals surface area (Å²) in [5.41, 5.74) is 3.17. The van der Waals surface area contributed by atoms with E-state index in [-0.39, 0.29) is 5.91 Å². The molecule has 31 heavy (non-hydrogen) atoms. The summed E-state index contributed by atoms with van der Waals surface area (Å²) < 4.78 is 5.35.